The number of hydroxylamine groups is 2. The van der Waals surface area contributed by atoms with Crippen LogP contribution in [-0.2, 0) is 16.1 Å². The minimum Gasteiger partial charge on any atom is -0.374 e. The summed E-state index contributed by atoms with van der Waals surface area (Å²) in [6, 6.07) is 8.93. The van der Waals surface area contributed by atoms with Crippen LogP contribution in [-0.4, -0.2) is 28.9 Å². The summed E-state index contributed by atoms with van der Waals surface area (Å²) in [4.78, 5) is 14.8. The van der Waals surface area contributed by atoms with Crippen molar-refractivity contribution in [3.63, 3.8) is 0 Å². The van der Waals surface area contributed by atoms with Crippen molar-refractivity contribution in [2.24, 2.45) is 5.73 Å². The zero-order valence-corrected chi connectivity index (χ0v) is 10.5. The Morgan fingerprint density at radius 1 is 1.32 bits per heavy atom. The van der Waals surface area contributed by atoms with Crippen molar-refractivity contribution in [3.05, 3.63) is 35.9 Å². The number of nitrogens with two attached hydrogens (primary N) is 1. The molecule has 0 aromatic heterocycles. The Bertz CT molecular complexity index is 451. The molecule has 2 N–H and O–H groups in total. The first-order valence-corrected chi connectivity index (χ1v) is 5.61. The van der Waals surface area contributed by atoms with Gasteiger partial charge in [0.2, 0.25) is 0 Å². The smallest absolute Gasteiger partial charge is 0.374 e. The number of halogens is 3. The van der Waals surface area contributed by atoms with E-state index >= 15 is 0 Å². The van der Waals surface area contributed by atoms with Crippen LogP contribution in [0.3, 0.4) is 0 Å². The highest BCUT2D eigenvalue weighted by atomic mass is 32.1. The molecule has 0 fully saturated rings. The molecule has 1 aromatic rings. The quantitative estimate of drug-likeness (QED) is 0.680. The fourth-order valence-corrected chi connectivity index (χ4v) is 1.36. The van der Waals surface area contributed by atoms with Gasteiger partial charge in [-0.3, -0.25) is 0 Å². The Hall–Kier alpha value is -1.83. The summed E-state index contributed by atoms with van der Waals surface area (Å²) in [5, 5.41) is 0.117. The van der Waals surface area contributed by atoms with Crippen molar-refractivity contribution < 1.29 is 22.8 Å². The number of hydrogen-bond acceptors (Lipinski definition) is 3. The van der Waals surface area contributed by atoms with Crippen LogP contribution in [0, 0.1) is 0 Å². The maximum absolute atomic E-state index is 12.1. The maximum Gasteiger partial charge on any atom is 0.493 e. The summed E-state index contributed by atoms with van der Waals surface area (Å²) < 4.78 is 36.2. The number of thiocarbonyl (C=S) groups is 1. The third-order valence-electron chi connectivity index (χ3n) is 2.12. The molecule has 0 aliphatic carbocycles. The van der Waals surface area contributed by atoms with Gasteiger partial charge in [-0.25, -0.2) is 4.79 Å². The van der Waals surface area contributed by atoms with Gasteiger partial charge in [0.15, 0.2) is 5.11 Å². The van der Waals surface area contributed by atoms with Gasteiger partial charge in [-0.05, 0) is 24.2 Å². The molecule has 0 bridgehead atoms. The van der Waals surface area contributed by atoms with Crippen molar-refractivity contribution in [2.45, 2.75) is 12.6 Å². The molecule has 0 aliphatic rings. The first kappa shape index (κ1) is 15.2. The topological polar surface area (TPSA) is 55.6 Å². The van der Waals surface area contributed by atoms with Crippen LogP contribution in [0.5, 0.6) is 0 Å². The highest BCUT2D eigenvalue weighted by molar-refractivity contribution is 7.80. The fraction of sp³-hybridized carbons (Fsp3) is 0.273. The van der Waals surface area contributed by atoms with Crippen LogP contribution in [0.4, 0.5) is 13.2 Å². The number of carbonyl (C=O) groups is 1. The van der Waals surface area contributed by atoms with Gasteiger partial charge in [0.05, 0.1) is 6.54 Å². The lowest BCUT2D eigenvalue weighted by atomic mass is 10.1. The summed E-state index contributed by atoms with van der Waals surface area (Å²) in [7, 11) is 0. The first-order chi connectivity index (χ1) is 8.80. The molecule has 0 saturated heterocycles. The average molecular weight is 292 g/mol. The highest BCUT2D eigenvalue weighted by Crippen LogP contribution is 2.17. The molecule has 104 valence electrons. The van der Waals surface area contributed by atoms with E-state index in [1.807, 2.05) is 0 Å². The summed E-state index contributed by atoms with van der Waals surface area (Å²) in [6.45, 7) is -0.0544. The maximum atomic E-state index is 12.1. The van der Waals surface area contributed by atoms with E-state index in [2.05, 4.69) is 17.1 Å². The van der Waals surface area contributed by atoms with Gasteiger partial charge in [0.1, 0.15) is 0 Å². The molecule has 4 nitrogen and oxygen atoms in total. The van der Waals surface area contributed by atoms with Crippen molar-refractivity contribution in [1.29, 1.82) is 0 Å². The van der Waals surface area contributed by atoms with E-state index in [9.17, 15) is 18.0 Å². The zero-order valence-electron chi connectivity index (χ0n) is 9.68. The van der Waals surface area contributed by atoms with Gasteiger partial charge in [-0.2, -0.15) is 18.2 Å². The average Bonchev–Trinajstić information content (AvgIpc) is 2.33. The lowest BCUT2D eigenvalue weighted by Crippen LogP contribution is -2.42. The van der Waals surface area contributed by atoms with Crippen molar-refractivity contribution in [3.8, 4) is 0 Å². The van der Waals surface area contributed by atoms with Gasteiger partial charge < -0.3 is 10.6 Å². The zero-order chi connectivity index (χ0) is 14.5. The molecule has 1 aromatic carbocycles. The van der Waals surface area contributed by atoms with Crippen LogP contribution in [0.25, 0.3) is 0 Å². The van der Waals surface area contributed by atoms with Gasteiger partial charge in [0, 0.05) is 0 Å². The number of rotatable bonds is 3. The number of benzene rings is 1. The number of alkyl halides is 3. The standard InChI is InChI=1S/C11H11F3N2O2S/c12-11(13,14)9(17)18-16(10(15)19)7-6-8-4-2-1-3-5-8/h1-5H,6-7H2,(H2,15,19). The van der Waals surface area contributed by atoms with Crippen LogP contribution in [0.2, 0.25) is 0 Å². The van der Waals surface area contributed by atoms with Gasteiger partial charge >= 0.3 is 12.1 Å². The summed E-state index contributed by atoms with van der Waals surface area (Å²) >= 11 is 4.53. The van der Waals surface area contributed by atoms with Crippen LogP contribution in [0.15, 0.2) is 30.3 Å². The molecular formula is C11H11F3N2O2S. The van der Waals surface area contributed by atoms with E-state index in [4.69, 9.17) is 5.73 Å². The highest BCUT2D eigenvalue weighted by Gasteiger charge is 2.42. The molecule has 19 heavy (non-hydrogen) atoms. The van der Waals surface area contributed by atoms with E-state index in [0.29, 0.717) is 11.5 Å². The Labute approximate surface area is 112 Å². The molecule has 0 heterocycles. The second-order valence-corrected chi connectivity index (χ2v) is 3.97. The van der Waals surface area contributed by atoms with Crippen molar-refractivity contribution in [2.75, 3.05) is 6.54 Å². The molecule has 0 atom stereocenters. The minimum atomic E-state index is -5.09. The third kappa shape index (κ3) is 5.12. The summed E-state index contributed by atoms with van der Waals surface area (Å²) in [5.41, 5.74) is 6.06. The predicted molar refractivity (Wildman–Crippen MR) is 65.8 cm³/mol. The Morgan fingerprint density at radius 2 is 1.89 bits per heavy atom. The molecule has 1 rings (SSSR count). The van der Waals surface area contributed by atoms with E-state index in [-0.39, 0.29) is 6.54 Å². The normalized spacial score (nSPS) is 10.9. The molecule has 0 radical (unpaired) electrons. The Balaban J connectivity index is 2.59. The van der Waals surface area contributed by atoms with Gasteiger partial charge in [-0.15, -0.1) is 0 Å². The fourth-order valence-electron chi connectivity index (χ4n) is 1.23. The van der Waals surface area contributed by atoms with Gasteiger partial charge in [0.25, 0.3) is 0 Å². The lowest BCUT2D eigenvalue weighted by molar-refractivity contribution is -0.225. The van der Waals surface area contributed by atoms with Gasteiger partial charge in [-0.1, -0.05) is 30.3 Å². The van der Waals surface area contributed by atoms with Crippen LogP contribution in [0.1, 0.15) is 5.56 Å². The number of hydrogen-bond donors (Lipinski definition) is 1. The Kier molecular flexibility index (Phi) is 5.11. The predicted octanol–water partition coefficient (Wildman–Crippen LogP) is 1.80. The first-order valence-electron chi connectivity index (χ1n) is 5.20. The van der Waals surface area contributed by atoms with E-state index in [1.165, 1.54) is 0 Å². The second-order valence-electron chi connectivity index (χ2n) is 3.55. The van der Waals surface area contributed by atoms with Crippen LogP contribution >= 0.6 is 12.2 Å². The summed E-state index contributed by atoms with van der Waals surface area (Å²) in [5.74, 6) is -2.35. The van der Waals surface area contributed by atoms with Crippen molar-refractivity contribution >= 4 is 23.3 Å². The number of carbonyl (C=O) groups excluding carboxylic acids is 1. The molecule has 0 saturated carbocycles. The van der Waals surface area contributed by atoms with Crippen LogP contribution < -0.4 is 5.73 Å². The van der Waals surface area contributed by atoms with E-state index in [1.54, 1.807) is 30.3 Å². The Morgan fingerprint density at radius 3 is 2.37 bits per heavy atom. The molecule has 0 unspecified atom stereocenters. The van der Waals surface area contributed by atoms with Crippen molar-refractivity contribution in [1.82, 2.24) is 5.06 Å². The van der Waals surface area contributed by atoms with E-state index < -0.39 is 17.3 Å². The minimum absolute atomic E-state index is 0.0544. The second kappa shape index (κ2) is 6.37. The largest absolute Gasteiger partial charge is 0.493 e. The molecule has 0 spiro atoms. The molecule has 8 heteroatoms. The molecule has 0 amide bonds. The number of nitrogens with zero attached hydrogens (tertiary/aromatic N) is 1. The molecule has 0 aliphatic heterocycles. The monoisotopic (exact) mass is 292 g/mol. The molecular weight excluding hydrogens is 281 g/mol. The SMILES string of the molecule is NC(=S)N(CCc1ccccc1)OC(=O)C(F)(F)F. The summed E-state index contributed by atoms with van der Waals surface area (Å²) in [6.07, 6.45) is -4.75. The van der Waals surface area contributed by atoms with E-state index in [0.717, 1.165) is 5.56 Å². The third-order valence-corrected chi connectivity index (χ3v) is 2.32. The lowest BCUT2D eigenvalue weighted by Gasteiger charge is -2.21.